The van der Waals surface area contributed by atoms with Crippen molar-refractivity contribution >= 4 is 17.6 Å². The van der Waals surface area contributed by atoms with E-state index in [0.717, 1.165) is 35.7 Å². The van der Waals surface area contributed by atoms with Crippen LogP contribution in [0.2, 0.25) is 0 Å². The van der Waals surface area contributed by atoms with Crippen molar-refractivity contribution in [3.63, 3.8) is 0 Å². The number of amides is 1. The van der Waals surface area contributed by atoms with Crippen molar-refractivity contribution in [1.82, 2.24) is 19.7 Å². The van der Waals surface area contributed by atoms with E-state index in [1.165, 1.54) is 0 Å². The zero-order chi connectivity index (χ0) is 18.9. The van der Waals surface area contributed by atoms with Crippen molar-refractivity contribution in [1.29, 1.82) is 0 Å². The largest absolute Gasteiger partial charge is 0.444 e. The molecule has 0 aliphatic carbocycles. The van der Waals surface area contributed by atoms with Crippen molar-refractivity contribution in [3.8, 4) is 0 Å². The van der Waals surface area contributed by atoms with Crippen LogP contribution in [0.15, 0.2) is 24.5 Å². The van der Waals surface area contributed by atoms with Crippen molar-refractivity contribution in [2.75, 3.05) is 18.0 Å². The average Bonchev–Trinajstić information content (AvgIpc) is 2.99. The van der Waals surface area contributed by atoms with E-state index >= 15 is 0 Å². The molecule has 0 spiro atoms. The predicted octanol–water partition coefficient (Wildman–Crippen LogP) is 3.27. The fraction of sp³-hybridized carbons (Fsp3) is 0.526. The van der Waals surface area contributed by atoms with Gasteiger partial charge in [0, 0.05) is 38.3 Å². The number of rotatable bonds is 3. The highest BCUT2D eigenvalue weighted by atomic mass is 16.6. The van der Waals surface area contributed by atoms with Crippen LogP contribution in [-0.4, -0.2) is 44.4 Å². The van der Waals surface area contributed by atoms with Gasteiger partial charge in [-0.1, -0.05) is 0 Å². The first-order chi connectivity index (χ1) is 12.3. The van der Waals surface area contributed by atoms with Crippen molar-refractivity contribution in [2.24, 2.45) is 7.05 Å². The molecule has 140 valence electrons. The molecule has 1 aliphatic heterocycles. The van der Waals surface area contributed by atoms with Gasteiger partial charge in [-0.15, -0.1) is 0 Å². The van der Waals surface area contributed by atoms with Crippen LogP contribution in [0.1, 0.15) is 39.0 Å². The van der Waals surface area contributed by atoms with E-state index in [-0.39, 0.29) is 6.09 Å². The normalized spacial score (nSPS) is 14.1. The van der Waals surface area contributed by atoms with Crippen molar-refractivity contribution in [2.45, 2.75) is 46.3 Å². The third kappa shape index (κ3) is 3.81. The first-order valence-corrected chi connectivity index (χ1v) is 8.99. The lowest BCUT2D eigenvalue weighted by atomic mass is 10.1. The third-order valence-corrected chi connectivity index (χ3v) is 4.38. The molecule has 0 saturated heterocycles. The topological polar surface area (TPSA) is 63.5 Å². The van der Waals surface area contributed by atoms with Gasteiger partial charge in [0.25, 0.3) is 0 Å². The highest BCUT2D eigenvalue weighted by Crippen LogP contribution is 2.28. The smallest absolute Gasteiger partial charge is 0.410 e. The molecule has 26 heavy (non-hydrogen) atoms. The Hall–Kier alpha value is -2.57. The average molecular weight is 357 g/mol. The summed E-state index contributed by atoms with van der Waals surface area (Å²) in [5.74, 6) is 1.01. The number of nitrogens with zero attached hydrogens (tertiary/aromatic N) is 5. The molecule has 3 heterocycles. The maximum Gasteiger partial charge on any atom is 0.410 e. The highest BCUT2D eigenvalue weighted by molar-refractivity contribution is 5.69. The molecule has 0 bridgehead atoms. The zero-order valence-electron chi connectivity index (χ0n) is 16.2. The molecule has 7 nitrogen and oxygen atoms in total. The lowest BCUT2D eigenvalue weighted by molar-refractivity contribution is 0.0223. The summed E-state index contributed by atoms with van der Waals surface area (Å²) in [6.07, 6.45) is 4.16. The summed E-state index contributed by atoms with van der Waals surface area (Å²) in [5.41, 5.74) is 2.63. The molecular formula is C19H27N5O2. The molecule has 2 aromatic rings. The monoisotopic (exact) mass is 357 g/mol. The van der Waals surface area contributed by atoms with Gasteiger partial charge >= 0.3 is 6.09 Å². The van der Waals surface area contributed by atoms with Gasteiger partial charge in [-0.3, -0.25) is 9.67 Å². The molecule has 0 atom stereocenters. The predicted molar refractivity (Wildman–Crippen MR) is 100 cm³/mol. The minimum atomic E-state index is -0.490. The quantitative estimate of drug-likeness (QED) is 0.844. The van der Waals surface area contributed by atoms with Gasteiger partial charge in [0.2, 0.25) is 0 Å². The molecule has 0 unspecified atom stereocenters. The van der Waals surface area contributed by atoms with Gasteiger partial charge in [-0.05, 0) is 39.3 Å². The number of aryl methyl sites for hydroxylation is 1. The highest BCUT2D eigenvalue weighted by Gasteiger charge is 2.27. The lowest BCUT2D eigenvalue weighted by Gasteiger charge is -2.31. The van der Waals surface area contributed by atoms with E-state index in [4.69, 9.17) is 4.74 Å². The summed E-state index contributed by atoms with van der Waals surface area (Å²) in [6, 6.07) is 4.10. The minimum absolute atomic E-state index is 0.271. The Bertz CT molecular complexity index is 793. The Morgan fingerprint density at radius 3 is 2.77 bits per heavy atom. The second kappa shape index (κ2) is 6.97. The summed E-state index contributed by atoms with van der Waals surface area (Å²) in [7, 11) is 1.92. The standard InChI is InChI=1S/C19H27N5O2/c1-6-24(17-7-9-21-22(17)5)15-11-14-13-23(10-8-16(14)20-12-15)18(25)26-19(2,3)4/h7,9,11-12H,6,8,10,13H2,1-5H3. The summed E-state index contributed by atoms with van der Waals surface area (Å²) >= 11 is 0. The number of ether oxygens (including phenoxy) is 1. The third-order valence-electron chi connectivity index (χ3n) is 4.38. The number of aromatic nitrogens is 3. The van der Waals surface area contributed by atoms with E-state index in [2.05, 4.69) is 28.0 Å². The van der Waals surface area contributed by atoms with Gasteiger partial charge in [0.15, 0.2) is 0 Å². The van der Waals surface area contributed by atoms with E-state index in [1.807, 2.05) is 44.8 Å². The van der Waals surface area contributed by atoms with Crippen molar-refractivity contribution < 1.29 is 9.53 Å². The first kappa shape index (κ1) is 18.2. The maximum atomic E-state index is 12.4. The van der Waals surface area contributed by atoms with Crippen LogP contribution in [-0.2, 0) is 24.8 Å². The lowest BCUT2D eigenvalue weighted by Crippen LogP contribution is -2.40. The SMILES string of the molecule is CCN(c1cnc2c(c1)CN(C(=O)OC(C)(C)C)CC2)c1ccnn1C. The van der Waals surface area contributed by atoms with Gasteiger partial charge in [-0.2, -0.15) is 5.10 Å². The molecule has 0 fully saturated rings. The van der Waals surface area contributed by atoms with Gasteiger partial charge in [0.05, 0.1) is 24.6 Å². The Labute approximate surface area is 154 Å². The number of hydrogen-bond donors (Lipinski definition) is 0. The van der Waals surface area contributed by atoms with E-state index < -0.39 is 5.60 Å². The number of fused-ring (bicyclic) bond motifs is 1. The maximum absolute atomic E-state index is 12.4. The van der Waals surface area contributed by atoms with Gasteiger partial charge in [-0.25, -0.2) is 4.79 Å². The molecule has 3 rings (SSSR count). The summed E-state index contributed by atoms with van der Waals surface area (Å²) < 4.78 is 7.35. The summed E-state index contributed by atoms with van der Waals surface area (Å²) in [4.78, 5) is 20.9. The van der Waals surface area contributed by atoms with Crippen LogP contribution in [0.25, 0.3) is 0 Å². The second-order valence-corrected chi connectivity index (χ2v) is 7.51. The second-order valence-electron chi connectivity index (χ2n) is 7.51. The fourth-order valence-corrected chi connectivity index (χ4v) is 3.15. The van der Waals surface area contributed by atoms with E-state index in [9.17, 15) is 4.79 Å². The van der Waals surface area contributed by atoms with E-state index in [0.29, 0.717) is 13.1 Å². The molecule has 2 aromatic heterocycles. The number of anilines is 2. The minimum Gasteiger partial charge on any atom is -0.444 e. The Morgan fingerprint density at radius 1 is 1.38 bits per heavy atom. The fourth-order valence-electron chi connectivity index (χ4n) is 3.15. The Kier molecular flexibility index (Phi) is 4.89. The molecule has 1 amide bonds. The molecule has 7 heteroatoms. The Morgan fingerprint density at radius 2 is 2.15 bits per heavy atom. The summed E-state index contributed by atoms with van der Waals surface area (Å²) in [5, 5.41) is 4.25. The molecule has 0 aromatic carbocycles. The number of carbonyl (C=O) groups excluding carboxylic acids is 1. The molecule has 0 radical (unpaired) electrons. The van der Waals surface area contributed by atoms with Crippen LogP contribution in [0.5, 0.6) is 0 Å². The summed E-state index contributed by atoms with van der Waals surface area (Å²) in [6.45, 7) is 9.71. The van der Waals surface area contributed by atoms with Gasteiger partial charge < -0.3 is 14.5 Å². The first-order valence-electron chi connectivity index (χ1n) is 8.99. The Balaban J connectivity index is 1.83. The molecule has 1 aliphatic rings. The molecular weight excluding hydrogens is 330 g/mol. The van der Waals surface area contributed by atoms with Crippen molar-refractivity contribution in [3.05, 3.63) is 35.8 Å². The van der Waals surface area contributed by atoms with Crippen LogP contribution >= 0.6 is 0 Å². The van der Waals surface area contributed by atoms with Crippen LogP contribution < -0.4 is 4.90 Å². The number of carbonyl (C=O) groups is 1. The van der Waals surface area contributed by atoms with Gasteiger partial charge in [0.1, 0.15) is 11.4 Å². The van der Waals surface area contributed by atoms with Crippen LogP contribution in [0, 0.1) is 0 Å². The number of hydrogen-bond acceptors (Lipinski definition) is 5. The number of pyridine rings is 1. The van der Waals surface area contributed by atoms with Crippen LogP contribution in [0.3, 0.4) is 0 Å². The van der Waals surface area contributed by atoms with Crippen LogP contribution in [0.4, 0.5) is 16.3 Å². The molecule has 0 N–H and O–H groups in total. The molecule has 0 saturated carbocycles. The van der Waals surface area contributed by atoms with E-state index in [1.54, 1.807) is 11.1 Å². The zero-order valence-corrected chi connectivity index (χ0v) is 16.2.